The summed E-state index contributed by atoms with van der Waals surface area (Å²) in [5.41, 5.74) is 1.50. The third-order valence-electron chi connectivity index (χ3n) is 3.79. The predicted octanol–water partition coefficient (Wildman–Crippen LogP) is 2.91. The van der Waals surface area contributed by atoms with Crippen molar-refractivity contribution < 1.29 is 9.84 Å². The summed E-state index contributed by atoms with van der Waals surface area (Å²) in [7, 11) is 0. The Balaban J connectivity index is 1.83. The van der Waals surface area contributed by atoms with Gasteiger partial charge in [0.05, 0.1) is 16.8 Å². The fraction of sp³-hybridized carbons (Fsp3) is 0.158. The fourth-order valence-electron chi connectivity index (χ4n) is 2.79. The van der Waals surface area contributed by atoms with Gasteiger partial charge in [-0.15, -0.1) is 0 Å². The van der Waals surface area contributed by atoms with E-state index < -0.39 is 0 Å². The van der Waals surface area contributed by atoms with Crippen molar-refractivity contribution in [1.29, 1.82) is 0 Å². The number of benzene rings is 2. The summed E-state index contributed by atoms with van der Waals surface area (Å²) in [6.45, 7) is 3.96. The van der Waals surface area contributed by atoms with Crippen molar-refractivity contribution in [1.82, 2.24) is 4.98 Å². The minimum Gasteiger partial charge on any atom is -0.494 e. The number of aromatic amines is 1. The lowest BCUT2D eigenvalue weighted by molar-refractivity contribution is 0.243. The largest absolute Gasteiger partial charge is 0.494 e. The van der Waals surface area contributed by atoms with Gasteiger partial charge in [-0.2, -0.15) is 0 Å². The monoisotopic (exact) mass is 319 g/mol. The van der Waals surface area contributed by atoms with Crippen LogP contribution in [-0.2, 0) is 0 Å². The Hall–Kier alpha value is -3.08. The molecule has 2 heterocycles. The molecule has 0 fully saturated rings. The van der Waals surface area contributed by atoms with E-state index in [0.717, 1.165) is 27.4 Å². The van der Waals surface area contributed by atoms with Crippen LogP contribution in [0, 0.1) is 0 Å². The topological polar surface area (TPSA) is 70.0 Å². The van der Waals surface area contributed by atoms with Gasteiger partial charge in [-0.3, -0.25) is 0 Å². The highest BCUT2D eigenvalue weighted by Crippen LogP contribution is 2.32. The van der Waals surface area contributed by atoms with Gasteiger partial charge in [0.25, 0.3) is 0 Å². The Morgan fingerprint density at radius 1 is 1.08 bits per heavy atom. The first kappa shape index (κ1) is 14.5. The highest BCUT2D eigenvalue weighted by Gasteiger charge is 2.12. The van der Waals surface area contributed by atoms with Gasteiger partial charge in [0.2, 0.25) is 0 Å². The number of hydrogen-bond donors (Lipinski definition) is 2. The van der Waals surface area contributed by atoms with Crippen LogP contribution in [0.15, 0.2) is 58.3 Å². The van der Waals surface area contributed by atoms with E-state index in [2.05, 4.69) is 15.0 Å². The molecule has 0 saturated carbocycles. The quantitative estimate of drug-likeness (QED) is 0.779. The molecule has 0 saturated heterocycles. The molecule has 24 heavy (non-hydrogen) atoms. The molecule has 4 rings (SSSR count). The fourth-order valence-corrected chi connectivity index (χ4v) is 2.79. The number of aromatic nitrogens is 1. The maximum atomic E-state index is 10.3. The summed E-state index contributed by atoms with van der Waals surface area (Å²) < 4.78 is 5.74. The van der Waals surface area contributed by atoms with Crippen LogP contribution in [-0.4, -0.2) is 16.2 Å². The summed E-state index contributed by atoms with van der Waals surface area (Å²) in [6.07, 6.45) is 1.87. The number of rotatable bonds is 3. The van der Waals surface area contributed by atoms with E-state index in [1.807, 2.05) is 56.3 Å². The molecule has 1 aliphatic rings. The van der Waals surface area contributed by atoms with Gasteiger partial charge in [0, 0.05) is 16.5 Å². The molecule has 0 radical (unpaired) electrons. The average Bonchev–Trinajstić information content (AvgIpc) is 3.08. The zero-order valence-corrected chi connectivity index (χ0v) is 13.4. The van der Waals surface area contributed by atoms with Crippen molar-refractivity contribution in [3.63, 3.8) is 0 Å². The van der Waals surface area contributed by atoms with Crippen molar-refractivity contribution in [3.05, 3.63) is 64.6 Å². The summed E-state index contributed by atoms with van der Waals surface area (Å²) in [4.78, 5) is 11.9. The molecule has 1 aliphatic heterocycles. The number of hydrogen-bond acceptors (Lipinski definition) is 4. The van der Waals surface area contributed by atoms with Gasteiger partial charge in [0.15, 0.2) is 11.7 Å². The van der Waals surface area contributed by atoms with E-state index in [-0.39, 0.29) is 12.0 Å². The number of H-pyrrole nitrogens is 1. The third kappa shape index (κ3) is 2.54. The van der Waals surface area contributed by atoms with E-state index >= 15 is 0 Å². The molecule has 2 N–H and O–H groups in total. The zero-order valence-electron chi connectivity index (χ0n) is 13.4. The SMILES string of the molecule is CC(C)Oc1ccc2[nH]c(O)c(C=C3N=c4ccccc4=N3)c2c1. The lowest BCUT2D eigenvalue weighted by atomic mass is 10.1. The van der Waals surface area contributed by atoms with E-state index in [1.165, 1.54) is 0 Å². The Morgan fingerprint density at radius 2 is 1.79 bits per heavy atom. The summed E-state index contributed by atoms with van der Waals surface area (Å²) in [6, 6.07) is 13.4. The lowest BCUT2D eigenvalue weighted by Gasteiger charge is -2.09. The molecule has 0 unspecified atom stereocenters. The maximum Gasteiger partial charge on any atom is 0.197 e. The van der Waals surface area contributed by atoms with Crippen LogP contribution in [0.5, 0.6) is 11.6 Å². The first-order chi connectivity index (χ1) is 11.6. The van der Waals surface area contributed by atoms with Crippen LogP contribution in [0.4, 0.5) is 0 Å². The molecule has 0 atom stereocenters. The number of aromatic hydroxyl groups is 1. The molecule has 0 amide bonds. The van der Waals surface area contributed by atoms with Crippen molar-refractivity contribution in [3.8, 4) is 11.6 Å². The van der Waals surface area contributed by atoms with E-state index in [9.17, 15) is 5.11 Å². The zero-order chi connectivity index (χ0) is 16.7. The lowest BCUT2D eigenvalue weighted by Crippen LogP contribution is -2.19. The van der Waals surface area contributed by atoms with Crippen molar-refractivity contribution in [2.24, 2.45) is 9.98 Å². The van der Waals surface area contributed by atoms with Gasteiger partial charge < -0.3 is 14.8 Å². The van der Waals surface area contributed by atoms with E-state index in [1.54, 1.807) is 6.08 Å². The Labute approximate surface area is 138 Å². The number of para-hydroxylation sites is 2. The molecule has 2 aromatic carbocycles. The number of nitrogens with one attached hydrogen (secondary N) is 1. The smallest absolute Gasteiger partial charge is 0.197 e. The minimum atomic E-state index is 0.0890. The molecule has 0 bridgehead atoms. The maximum absolute atomic E-state index is 10.3. The summed E-state index contributed by atoms with van der Waals surface area (Å²) in [5.74, 6) is 1.43. The van der Waals surface area contributed by atoms with Crippen LogP contribution < -0.4 is 15.5 Å². The minimum absolute atomic E-state index is 0.0890. The second kappa shape index (κ2) is 5.53. The van der Waals surface area contributed by atoms with Gasteiger partial charge >= 0.3 is 0 Å². The van der Waals surface area contributed by atoms with Crippen molar-refractivity contribution in [2.45, 2.75) is 20.0 Å². The van der Waals surface area contributed by atoms with E-state index in [0.29, 0.717) is 11.4 Å². The van der Waals surface area contributed by atoms with Crippen LogP contribution in [0.2, 0.25) is 0 Å². The molecule has 5 nitrogen and oxygen atoms in total. The molecule has 0 aliphatic carbocycles. The highest BCUT2D eigenvalue weighted by atomic mass is 16.5. The number of ether oxygens (including phenoxy) is 1. The summed E-state index contributed by atoms with van der Waals surface area (Å²) >= 11 is 0. The third-order valence-corrected chi connectivity index (χ3v) is 3.79. The molecular weight excluding hydrogens is 302 g/mol. The number of fused-ring (bicyclic) bond motifs is 2. The van der Waals surface area contributed by atoms with Gasteiger partial charge in [-0.05, 0) is 50.3 Å². The summed E-state index contributed by atoms with van der Waals surface area (Å²) in [5, 5.41) is 12.8. The number of nitrogens with zero attached hydrogens (tertiary/aromatic N) is 2. The first-order valence-corrected chi connectivity index (χ1v) is 7.86. The molecule has 1 aromatic heterocycles. The van der Waals surface area contributed by atoms with Crippen molar-refractivity contribution in [2.75, 3.05) is 0 Å². The predicted molar refractivity (Wildman–Crippen MR) is 92.5 cm³/mol. The molecule has 5 heteroatoms. The van der Waals surface area contributed by atoms with E-state index in [4.69, 9.17) is 4.74 Å². The van der Waals surface area contributed by atoms with Crippen LogP contribution in [0.3, 0.4) is 0 Å². The first-order valence-electron chi connectivity index (χ1n) is 7.86. The normalized spacial score (nSPS) is 12.9. The molecular formula is C19H17N3O2. The van der Waals surface area contributed by atoms with Crippen LogP contribution in [0.25, 0.3) is 17.0 Å². The molecule has 0 spiro atoms. The average molecular weight is 319 g/mol. The van der Waals surface area contributed by atoms with Crippen LogP contribution >= 0.6 is 0 Å². The van der Waals surface area contributed by atoms with Gasteiger partial charge in [-0.1, -0.05) is 12.1 Å². The van der Waals surface area contributed by atoms with Crippen molar-refractivity contribution >= 4 is 17.0 Å². The van der Waals surface area contributed by atoms with Crippen LogP contribution in [0.1, 0.15) is 19.4 Å². The Kier molecular flexibility index (Phi) is 3.34. The second-order valence-electron chi connectivity index (χ2n) is 5.98. The van der Waals surface area contributed by atoms with Gasteiger partial charge in [0.1, 0.15) is 5.75 Å². The van der Waals surface area contributed by atoms with Gasteiger partial charge in [-0.25, -0.2) is 9.98 Å². The highest BCUT2D eigenvalue weighted by molar-refractivity contribution is 5.93. The Bertz CT molecular complexity index is 1040. The Morgan fingerprint density at radius 3 is 2.46 bits per heavy atom. The molecule has 3 aromatic rings. The second-order valence-corrected chi connectivity index (χ2v) is 5.98. The standard InChI is InChI=1S/C19H17N3O2/c1-11(2)24-12-7-8-15-13(9-12)14(19(23)22-15)10-18-20-16-5-3-4-6-17(16)21-18/h3-11,22-23H,1-2H3. The molecule has 120 valence electrons.